The first kappa shape index (κ1) is 17.7. The summed E-state index contributed by atoms with van der Waals surface area (Å²) in [6, 6.07) is 15.6. The fourth-order valence-corrected chi connectivity index (χ4v) is 3.30. The van der Waals surface area contributed by atoms with E-state index in [9.17, 15) is 4.39 Å². The van der Waals surface area contributed by atoms with Gasteiger partial charge in [0.05, 0.1) is 0 Å². The second-order valence-electron chi connectivity index (χ2n) is 5.25. The summed E-state index contributed by atoms with van der Waals surface area (Å²) < 4.78 is 19.4. The minimum absolute atomic E-state index is 0.144. The Bertz CT molecular complexity index is 876. The summed E-state index contributed by atoms with van der Waals surface area (Å²) in [6.07, 6.45) is 0.732. The second-order valence-corrected chi connectivity index (χ2v) is 6.60. The number of benzene rings is 2. The Balaban J connectivity index is 1.80. The highest BCUT2D eigenvalue weighted by atomic mass is 35.5. The maximum Gasteiger partial charge on any atom is 0.223 e. The standard InChI is InChI=1S/C19H16ClFN2OS/c1-2-14-11-18(24-17-10-6-5-9-16(17)21)23-19(22-14)25-12-13-7-3-4-8-15(13)20/h3-11H,2,12H2,1H3. The maximum atomic E-state index is 13.8. The lowest BCUT2D eigenvalue weighted by molar-refractivity contribution is 0.421. The van der Waals surface area contributed by atoms with Gasteiger partial charge in [0, 0.05) is 22.5 Å². The first-order valence-corrected chi connectivity index (χ1v) is 9.18. The summed E-state index contributed by atoms with van der Waals surface area (Å²) in [5.74, 6) is 0.694. The van der Waals surface area contributed by atoms with Crippen molar-refractivity contribution in [2.75, 3.05) is 0 Å². The quantitative estimate of drug-likeness (QED) is 0.396. The van der Waals surface area contributed by atoms with E-state index >= 15 is 0 Å². The molecule has 0 N–H and O–H groups in total. The Morgan fingerprint density at radius 1 is 1.08 bits per heavy atom. The molecule has 0 atom stereocenters. The van der Waals surface area contributed by atoms with Gasteiger partial charge in [0.15, 0.2) is 16.7 Å². The molecule has 0 aliphatic carbocycles. The third kappa shape index (κ3) is 4.71. The van der Waals surface area contributed by atoms with Gasteiger partial charge in [-0.1, -0.05) is 60.6 Å². The number of halogens is 2. The summed E-state index contributed by atoms with van der Waals surface area (Å²) in [6.45, 7) is 2.00. The molecule has 3 aromatic rings. The molecule has 3 rings (SSSR count). The van der Waals surface area contributed by atoms with Crippen LogP contribution in [-0.2, 0) is 12.2 Å². The summed E-state index contributed by atoms with van der Waals surface area (Å²) in [5, 5.41) is 1.29. The highest BCUT2D eigenvalue weighted by molar-refractivity contribution is 7.98. The van der Waals surface area contributed by atoms with E-state index in [1.165, 1.54) is 17.8 Å². The van der Waals surface area contributed by atoms with E-state index in [-0.39, 0.29) is 5.75 Å². The Kier molecular flexibility index (Phi) is 5.89. The molecule has 128 valence electrons. The van der Waals surface area contributed by atoms with Crippen molar-refractivity contribution in [1.82, 2.24) is 9.97 Å². The Morgan fingerprint density at radius 2 is 1.84 bits per heavy atom. The van der Waals surface area contributed by atoms with Crippen molar-refractivity contribution in [3.8, 4) is 11.6 Å². The Hall–Kier alpha value is -2.11. The second kappa shape index (κ2) is 8.32. The molecule has 0 radical (unpaired) electrons. The van der Waals surface area contributed by atoms with Crippen molar-refractivity contribution in [3.63, 3.8) is 0 Å². The van der Waals surface area contributed by atoms with Crippen molar-refractivity contribution < 1.29 is 9.13 Å². The van der Waals surface area contributed by atoms with Gasteiger partial charge in [-0.2, -0.15) is 4.98 Å². The minimum atomic E-state index is -0.426. The van der Waals surface area contributed by atoms with Gasteiger partial charge < -0.3 is 4.74 Å². The molecule has 0 amide bonds. The lowest BCUT2D eigenvalue weighted by Crippen LogP contribution is -1.98. The zero-order valence-corrected chi connectivity index (χ0v) is 15.1. The number of thioether (sulfide) groups is 1. The van der Waals surface area contributed by atoms with E-state index < -0.39 is 5.82 Å². The monoisotopic (exact) mass is 374 g/mol. The van der Waals surface area contributed by atoms with Crippen LogP contribution in [0.15, 0.2) is 59.8 Å². The molecule has 0 spiro atoms. The molecule has 0 saturated carbocycles. The Morgan fingerprint density at radius 3 is 2.60 bits per heavy atom. The number of para-hydroxylation sites is 1. The van der Waals surface area contributed by atoms with Gasteiger partial charge in [-0.05, 0) is 30.2 Å². The number of nitrogens with zero attached hydrogens (tertiary/aromatic N) is 2. The van der Waals surface area contributed by atoms with Crippen LogP contribution in [0.4, 0.5) is 4.39 Å². The average molecular weight is 375 g/mol. The summed E-state index contributed by atoms with van der Waals surface area (Å²) in [5.41, 5.74) is 1.85. The zero-order valence-electron chi connectivity index (χ0n) is 13.6. The third-order valence-corrected chi connectivity index (χ3v) is 4.73. The van der Waals surface area contributed by atoms with E-state index in [0.29, 0.717) is 21.8 Å². The molecule has 25 heavy (non-hydrogen) atoms. The lowest BCUT2D eigenvalue weighted by atomic mass is 10.2. The molecule has 2 aromatic carbocycles. The molecule has 3 nitrogen and oxygen atoms in total. The fraction of sp³-hybridized carbons (Fsp3) is 0.158. The largest absolute Gasteiger partial charge is 0.436 e. The van der Waals surface area contributed by atoms with Gasteiger partial charge in [-0.25, -0.2) is 9.37 Å². The number of aromatic nitrogens is 2. The van der Waals surface area contributed by atoms with Crippen LogP contribution in [0.5, 0.6) is 11.6 Å². The smallest absolute Gasteiger partial charge is 0.223 e. The van der Waals surface area contributed by atoms with Crippen LogP contribution in [0.25, 0.3) is 0 Å². The molecule has 0 aliphatic rings. The van der Waals surface area contributed by atoms with Crippen LogP contribution >= 0.6 is 23.4 Å². The van der Waals surface area contributed by atoms with Crippen molar-refractivity contribution in [3.05, 3.63) is 76.7 Å². The highest BCUT2D eigenvalue weighted by Crippen LogP contribution is 2.28. The zero-order chi connectivity index (χ0) is 17.6. The molecule has 0 unspecified atom stereocenters. The highest BCUT2D eigenvalue weighted by Gasteiger charge is 2.10. The van der Waals surface area contributed by atoms with Gasteiger partial charge in [0.25, 0.3) is 0 Å². The van der Waals surface area contributed by atoms with E-state index in [1.807, 2.05) is 31.2 Å². The van der Waals surface area contributed by atoms with Crippen molar-refractivity contribution >= 4 is 23.4 Å². The maximum absolute atomic E-state index is 13.8. The molecule has 0 bridgehead atoms. The van der Waals surface area contributed by atoms with Crippen molar-refractivity contribution in [2.24, 2.45) is 0 Å². The van der Waals surface area contributed by atoms with Crippen molar-refractivity contribution in [1.29, 1.82) is 0 Å². The average Bonchev–Trinajstić information content (AvgIpc) is 2.63. The molecular weight excluding hydrogens is 359 g/mol. The van der Waals surface area contributed by atoms with Crippen LogP contribution in [0.2, 0.25) is 5.02 Å². The van der Waals surface area contributed by atoms with Crippen LogP contribution in [-0.4, -0.2) is 9.97 Å². The molecule has 0 fully saturated rings. The summed E-state index contributed by atoms with van der Waals surface area (Å²) in [7, 11) is 0. The van der Waals surface area contributed by atoms with Crippen molar-refractivity contribution in [2.45, 2.75) is 24.3 Å². The summed E-state index contributed by atoms with van der Waals surface area (Å²) in [4.78, 5) is 8.88. The molecular formula is C19H16ClFN2OS. The Labute approximate surface area is 155 Å². The summed E-state index contributed by atoms with van der Waals surface area (Å²) >= 11 is 7.65. The van der Waals surface area contributed by atoms with E-state index in [0.717, 1.165) is 17.7 Å². The molecule has 0 aliphatic heterocycles. The van der Waals surface area contributed by atoms with Gasteiger partial charge in [0.1, 0.15) is 0 Å². The molecule has 1 heterocycles. The normalized spacial score (nSPS) is 10.7. The van der Waals surface area contributed by atoms with Crippen LogP contribution in [0.3, 0.4) is 0 Å². The number of hydrogen-bond acceptors (Lipinski definition) is 4. The number of aryl methyl sites for hydroxylation is 1. The SMILES string of the molecule is CCc1cc(Oc2ccccc2F)nc(SCc2ccccc2Cl)n1. The third-order valence-electron chi connectivity index (χ3n) is 3.46. The minimum Gasteiger partial charge on any atom is -0.436 e. The molecule has 1 aromatic heterocycles. The topological polar surface area (TPSA) is 35.0 Å². The lowest BCUT2D eigenvalue weighted by Gasteiger charge is -2.09. The fourth-order valence-electron chi connectivity index (χ4n) is 2.15. The predicted octanol–water partition coefficient (Wildman–Crippen LogP) is 5.92. The van der Waals surface area contributed by atoms with Gasteiger partial charge in [-0.15, -0.1) is 0 Å². The van der Waals surface area contributed by atoms with Gasteiger partial charge >= 0.3 is 0 Å². The number of hydrogen-bond donors (Lipinski definition) is 0. The first-order valence-electron chi connectivity index (χ1n) is 7.82. The van der Waals surface area contributed by atoms with E-state index in [4.69, 9.17) is 16.3 Å². The van der Waals surface area contributed by atoms with Gasteiger partial charge in [0.2, 0.25) is 5.88 Å². The molecule has 6 heteroatoms. The van der Waals surface area contributed by atoms with Crippen LogP contribution in [0.1, 0.15) is 18.2 Å². The van der Waals surface area contributed by atoms with Gasteiger partial charge in [-0.3, -0.25) is 0 Å². The first-order chi connectivity index (χ1) is 12.2. The van der Waals surface area contributed by atoms with E-state index in [1.54, 1.807) is 24.3 Å². The predicted molar refractivity (Wildman–Crippen MR) is 98.9 cm³/mol. The van der Waals surface area contributed by atoms with Crippen LogP contribution in [0, 0.1) is 5.82 Å². The molecule has 0 saturated heterocycles. The van der Waals surface area contributed by atoms with Crippen LogP contribution < -0.4 is 4.74 Å². The van der Waals surface area contributed by atoms with E-state index in [2.05, 4.69) is 9.97 Å². The number of ether oxygens (including phenoxy) is 1. The number of rotatable bonds is 6.